The van der Waals surface area contributed by atoms with Gasteiger partial charge in [0.2, 0.25) is 0 Å². The second-order valence-electron chi connectivity index (χ2n) is 4.98. The Bertz CT molecular complexity index is 399. The lowest BCUT2D eigenvalue weighted by atomic mass is 10.0. The summed E-state index contributed by atoms with van der Waals surface area (Å²) >= 11 is 0. The van der Waals surface area contributed by atoms with Crippen molar-refractivity contribution in [2.24, 2.45) is 5.10 Å². The lowest BCUT2D eigenvalue weighted by Crippen LogP contribution is -2.56. The first-order chi connectivity index (χ1) is 9.76. The van der Waals surface area contributed by atoms with E-state index in [0.29, 0.717) is 12.8 Å². The molecule has 0 saturated carbocycles. The molecule has 1 amide bonds. The molecule has 0 aliphatic carbocycles. The molecule has 0 aromatic heterocycles. The molecule has 0 spiro atoms. The Labute approximate surface area is 121 Å². The Morgan fingerprint density at radius 1 is 1.38 bits per heavy atom. The van der Waals surface area contributed by atoms with Crippen LogP contribution in [0.4, 0.5) is 18.0 Å². The van der Waals surface area contributed by atoms with Gasteiger partial charge in [0.15, 0.2) is 0 Å². The summed E-state index contributed by atoms with van der Waals surface area (Å²) in [7, 11) is 0. The van der Waals surface area contributed by atoms with E-state index in [1.165, 1.54) is 6.92 Å². The fourth-order valence-electron chi connectivity index (χ4n) is 2.11. The summed E-state index contributed by atoms with van der Waals surface area (Å²) in [6.07, 6.45) is -3.13. The topological polar surface area (TPSA) is 62.1 Å². The van der Waals surface area contributed by atoms with Gasteiger partial charge in [-0.05, 0) is 19.8 Å². The SMILES string of the molecule is CCCCCCC1=NN(C(=O)OCC)[C@@](O)(C(F)(F)F)C1. The molecule has 1 N–H and O–H groups in total. The van der Waals surface area contributed by atoms with Crippen LogP contribution in [0.25, 0.3) is 0 Å². The maximum atomic E-state index is 13.0. The van der Waals surface area contributed by atoms with Crippen molar-refractivity contribution in [2.75, 3.05) is 6.61 Å². The number of unbranched alkanes of at least 4 members (excludes halogenated alkanes) is 3. The van der Waals surface area contributed by atoms with Crippen molar-refractivity contribution in [3.05, 3.63) is 0 Å². The van der Waals surface area contributed by atoms with Crippen LogP contribution in [0, 0.1) is 0 Å². The summed E-state index contributed by atoms with van der Waals surface area (Å²) in [6, 6.07) is 0. The first kappa shape index (κ1) is 17.7. The summed E-state index contributed by atoms with van der Waals surface area (Å²) in [5, 5.41) is 13.5. The molecule has 1 heterocycles. The number of hydrogen-bond acceptors (Lipinski definition) is 4. The molecule has 5 nitrogen and oxygen atoms in total. The molecular weight excluding hydrogens is 289 g/mol. The third kappa shape index (κ3) is 4.09. The highest BCUT2D eigenvalue weighted by Gasteiger charge is 2.63. The summed E-state index contributed by atoms with van der Waals surface area (Å²) in [6.45, 7) is 3.40. The third-order valence-electron chi connectivity index (χ3n) is 3.26. The van der Waals surface area contributed by atoms with Gasteiger partial charge in [-0.3, -0.25) is 0 Å². The second kappa shape index (κ2) is 7.11. The number of halogens is 3. The molecule has 0 aromatic carbocycles. The molecule has 0 fully saturated rings. The van der Waals surface area contributed by atoms with Crippen LogP contribution in [-0.4, -0.2) is 40.4 Å². The van der Waals surface area contributed by atoms with E-state index >= 15 is 0 Å². The van der Waals surface area contributed by atoms with E-state index in [1.807, 2.05) is 6.92 Å². The molecule has 21 heavy (non-hydrogen) atoms. The highest BCUT2D eigenvalue weighted by Crippen LogP contribution is 2.41. The van der Waals surface area contributed by atoms with Crippen molar-refractivity contribution in [2.45, 2.75) is 64.3 Å². The van der Waals surface area contributed by atoms with Gasteiger partial charge in [0, 0.05) is 12.1 Å². The number of rotatable bonds is 6. The fourth-order valence-corrected chi connectivity index (χ4v) is 2.11. The highest BCUT2D eigenvalue weighted by molar-refractivity contribution is 5.89. The van der Waals surface area contributed by atoms with Crippen molar-refractivity contribution >= 4 is 11.8 Å². The summed E-state index contributed by atoms with van der Waals surface area (Å²) in [5.41, 5.74) is -3.14. The highest BCUT2D eigenvalue weighted by atomic mass is 19.4. The van der Waals surface area contributed by atoms with Gasteiger partial charge in [-0.25, -0.2) is 4.79 Å². The normalized spacial score (nSPS) is 22.4. The number of amides is 1. The number of aliphatic hydroxyl groups is 1. The molecule has 0 bridgehead atoms. The summed E-state index contributed by atoms with van der Waals surface area (Å²) < 4.78 is 43.6. The summed E-state index contributed by atoms with van der Waals surface area (Å²) in [4.78, 5) is 11.6. The van der Waals surface area contributed by atoms with Crippen molar-refractivity contribution < 1.29 is 27.8 Å². The number of carbonyl (C=O) groups excluding carboxylic acids is 1. The predicted octanol–water partition coefficient (Wildman–Crippen LogP) is 3.43. The van der Waals surface area contributed by atoms with Gasteiger partial charge in [-0.1, -0.05) is 26.2 Å². The Morgan fingerprint density at radius 3 is 2.57 bits per heavy atom. The van der Waals surface area contributed by atoms with Crippen molar-refractivity contribution in [1.29, 1.82) is 0 Å². The molecule has 0 aromatic rings. The van der Waals surface area contributed by atoms with E-state index in [1.54, 1.807) is 0 Å². The van der Waals surface area contributed by atoms with Crippen LogP contribution in [0.2, 0.25) is 0 Å². The van der Waals surface area contributed by atoms with Gasteiger partial charge in [0.05, 0.1) is 6.61 Å². The van der Waals surface area contributed by atoms with Crippen LogP contribution in [-0.2, 0) is 4.74 Å². The minimum atomic E-state index is -4.99. The quantitative estimate of drug-likeness (QED) is 0.765. The Balaban J connectivity index is 2.81. The molecule has 0 saturated heterocycles. The van der Waals surface area contributed by atoms with Crippen LogP contribution in [0.5, 0.6) is 0 Å². The monoisotopic (exact) mass is 310 g/mol. The Kier molecular flexibility index (Phi) is 6.00. The number of alkyl halides is 3. The maximum Gasteiger partial charge on any atom is 0.439 e. The van der Waals surface area contributed by atoms with E-state index < -0.39 is 24.4 Å². The number of carbonyl (C=O) groups is 1. The van der Waals surface area contributed by atoms with E-state index in [-0.39, 0.29) is 17.3 Å². The average molecular weight is 310 g/mol. The van der Waals surface area contributed by atoms with E-state index in [4.69, 9.17) is 0 Å². The van der Waals surface area contributed by atoms with Crippen molar-refractivity contribution in [3.8, 4) is 0 Å². The third-order valence-corrected chi connectivity index (χ3v) is 3.26. The Morgan fingerprint density at radius 2 is 2.05 bits per heavy atom. The minimum absolute atomic E-state index is 0.0195. The largest absolute Gasteiger partial charge is 0.448 e. The van der Waals surface area contributed by atoms with Crippen molar-refractivity contribution in [1.82, 2.24) is 5.01 Å². The van der Waals surface area contributed by atoms with E-state index in [0.717, 1.165) is 19.3 Å². The van der Waals surface area contributed by atoms with Crippen LogP contribution < -0.4 is 0 Å². The molecule has 1 rings (SSSR count). The molecule has 1 aliphatic rings. The first-order valence-electron chi connectivity index (χ1n) is 7.08. The Hall–Kier alpha value is -1.31. The van der Waals surface area contributed by atoms with Gasteiger partial charge in [0.25, 0.3) is 5.72 Å². The van der Waals surface area contributed by atoms with Crippen LogP contribution in [0.3, 0.4) is 0 Å². The molecule has 8 heteroatoms. The van der Waals surface area contributed by atoms with Gasteiger partial charge >= 0.3 is 12.3 Å². The smallest absolute Gasteiger partial charge is 0.439 e. The molecular formula is C13H21F3N2O3. The minimum Gasteiger partial charge on any atom is -0.448 e. The maximum absolute atomic E-state index is 13.0. The second-order valence-corrected chi connectivity index (χ2v) is 4.98. The van der Waals surface area contributed by atoms with Gasteiger partial charge in [0.1, 0.15) is 0 Å². The van der Waals surface area contributed by atoms with Crippen LogP contribution in [0.15, 0.2) is 5.10 Å². The van der Waals surface area contributed by atoms with Crippen molar-refractivity contribution in [3.63, 3.8) is 0 Å². The summed E-state index contributed by atoms with van der Waals surface area (Å²) in [5.74, 6) is 0. The number of hydrazone groups is 1. The zero-order valence-corrected chi connectivity index (χ0v) is 12.2. The standard InChI is InChI=1S/C13H21F3N2O3/c1-3-5-6-7-8-10-9-12(20,13(14,15)16)18(17-10)11(19)21-4-2/h20H,3-9H2,1-2H3/t12-/m0/s1. The van der Waals surface area contributed by atoms with Crippen LogP contribution in [0.1, 0.15) is 52.4 Å². The van der Waals surface area contributed by atoms with Crippen LogP contribution >= 0.6 is 0 Å². The van der Waals surface area contributed by atoms with Gasteiger partial charge in [-0.15, -0.1) is 0 Å². The predicted molar refractivity (Wildman–Crippen MR) is 70.7 cm³/mol. The molecule has 122 valence electrons. The average Bonchev–Trinajstić information content (AvgIpc) is 2.73. The molecule has 1 atom stereocenters. The number of ether oxygens (including phenoxy) is 1. The zero-order valence-electron chi connectivity index (χ0n) is 12.2. The van der Waals surface area contributed by atoms with E-state index in [2.05, 4.69) is 9.84 Å². The molecule has 1 aliphatic heterocycles. The number of nitrogens with zero attached hydrogens (tertiary/aromatic N) is 2. The number of hydrogen-bond donors (Lipinski definition) is 1. The molecule has 0 unspecified atom stereocenters. The molecule has 0 radical (unpaired) electrons. The van der Waals surface area contributed by atoms with Gasteiger partial charge < -0.3 is 9.84 Å². The lowest BCUT2D eigenvalue weighted by molar-refractivity contribution is -0.299. The fraction of sp³-hybridized carbons (Fsp3) is 0.846. The van der Waals surface area contributed by atoms with Gasteiger partial charge in [-0.2, -0.15) is 23.3 Å². The lowest BCUT2D eigenvalue weighted by Gasteiger charge is -2.31. The van der Waals surface area contributed by atoms with E-state index in [9.17, 15) is 23.1 Å². The first-order valence-corrected chi connectivity index (χ1v) is 7.08. The zero-order chi connectivity index (χ0) is 16.1.